The maximum Gasteiger partial charge on any atom is 0.125 e. The quantitative estimate of drug-likeness (QED) is 0.680. The van der Waals surface area contributed by atoms with Crippen LogP contribution in [0.1, 0.15) is 13.8 Å². The standard InChI is InChI=1S/C10H12FNS/c1-3-12-7(2)13-10-5-4-8(11)6-9(10)12/h4-7H,3H2,1-2H3. The Bertz CT molecular complexity index is 327. The Kier molecular flexibility index (Phi) is 2.20. The van der Waals surface area contributed by atoms with Crippen molar-refractivity contribution in [3.8, 4) is 0 Å². The monoisotopic (exact) mass is 197 g/mol. The van der Waals surface area contributed by atoms with E-state index in [0.29, 0.717) is 5.37 Å². The van der Waals surface area contributed by atoms with E-state index in [1.807, 2.05) is 6.07 Å². The average molecular weight is 197 g/mol. The molecule has 1 aromatic rings. The van der Waals surface area contributed by atoms with Crippen LogP contribution < -0.4 is 4.90 Å². The Hall–Kier alpha value is -0.700. The molecule has 0 radical (unpaired) electrons. The van der Waals surface area contributed by atoms with E-state index < -0.39 is 0 Å². The van der Waals surface area contributed by atoms with E-state index in [0.717, 1.165) is 12.2 Å². The molecule has 0 spiro atoms. The summed E-state index contributed by atoms with van der Waals surface area (Å²) in [4.78, 5) is 3.40. The van der Waals surface area contributed by atoms with Crippen molar-refractivity contribution < 1.29 is 4.39 Å². The summed E-state index contributed by atoms with van der Waals surface area (Å²) >= 11 is 1.79. The number of hydrogen-bond acceptors (Lipinski definition) is 2. The Morgan fingerprint density at radius 2 is 2.31 bits per heavy atom. The lowest BCUT2D eigenvalue weighted by molar-refractivity contribution is 0.625. The smallest absolute Gasteiger partial charge is 0.125 e. The first kappa shape index (κ1) is 8.88. The second kappa shape index (κ2) is 3.22. The van der Waals surface area contributed by atoms with Crippen molar-refractivity contribution in [1.82, 2.24) is 0 Å². The minimum Gasteiger partial charge on any atom is -0.359 e. The number of anilines is 1. The predicted molar refractivity (Wildman–Crippen MR) is 54.7 cm³/mol. The second-order valence-corrected chi connectivity index (χ2v) is 4.47. The summed E-state index contributed by atoms with van der Waals surface area (Å²) in [7, 11) is 0. The van der Waals surface area contributed by atoms with Crippen molar-refractivity contribution in [2.45, 2.75) is 24.1 Å². The second-order valence-electron chi connectivity index (χ2n) is 3.12. The van der Waals surface area contributed by atoms with E-state index >= 15 is 0 Å². The number of fused-ring (bicyclic) bond motifs is 1. The van der Waals surface area contributed by atoms with Crippen LogP contribution >= 0.6 is 11.8 Å². The SMILES string of the molecule is CCN1c2cc(F)ccc2SC1C. The Labute approximate surface area is 81.9 Å². The van der Waals surface area contributed by atoms with E-state index in [-0.39, 0.29) is 5.82 Å². The fourth-order valence-corrected chi connectivity index (χ4v) is 2.89. The minimum absolute atomic E-state index is 0.146. The van der Waals surface area contributed by atoms with Gasteiger partial charge in [0.1, 0.15) is 5.82 Å². The molecule has 1 atom stereocenters. The molecule has 1 nitrogen and oxygen atoms in total. The largest absolute Gasteiger partial charge is 0.359 e. The molecule has 1 aliphatic heterocycles. The van der Waals surface area contributed by atoms with Gasteiger partial charge in [0.25, 0.3) is 0 Å². The highest BCUT2D eigenvalue weighted by Crippen LogP contribution is 2.42. The van der Waals surface area contributed by atoms with Crippen molar-refractivity contribution in [3.63, 3.8) is 0 Å². The van der Waals surface area contributed by atoms with Gasteiger partial charge in [-0.05, 0) is 32.0 Å². The molecule has 0 bridgehead atoms. The number of thioether (sulfide) groups is 1. The van der Waals surface area contributed by atoms with E-state index in [9.17, 15) is 4.39 Å². The Balaban J connectivity index is 2.44. The van der Waals surface area contributed by atoms with Gasteiger partial charge < -0.3 is 4.90 Å². The summed E-state index contributed by atoms with van der Waals surface area (Å²) < 4.78 is 13.0. The van der Waals surface area contributed by atoms with Crippen LogP contribution in [-0.4, -0.2) is 11.9 Å². The molecule has 0 fully saturated rings. The van der Waals surface area contributed by atoms with Gasteiger partial charge in [-0.1, -0.05) is 11.8 Å². The number of hydrogen-bond donors (Lipinski definition) is 0. The van der Waals surface area contributed by atoms with Gasteiger partial charge in [0.2, 0.25) is 0 Å². The van der Waals surface area contributed by atoms with Gasteiger partial charge in [0.15, 0.2) is 0 Å². The molecular weight excluding hydrogens is 185 g/mol. The van der Waals surface area contributed by atoms with Crippen molar-refractivity contribution in [1.29, 1.82) is 0 Å². The predicted octanol–water partition coefficient (Wildman–Crippen LogP) is 3.10. The summed E-state index contributed by atoms with van der Waals surface area (Å²) in [6, 6.07) is 5.01. The van der Waals surface area contributed by atoms with Crippen molar-refractivity contribution in [2.24, 2.45) is 0 Å². The highest BCUT2D eigenvalue weighted by molar-refractivity contribution is 8.00. The van der Waals surface area contributed by atoms with Crippen molar-refractivity contribution >= 4 is 17.4 Å². The normalized spacial score (nSPS) is 20.5. The van der Waals surface area contributed by atoms with E-state index in [1.165, 1.54) is 11.0 Å². The van der Waals surface area contributed by atoms with E-state index in [1.54, 1.807) is 17.8 Å². The highest BCUT2D eigenvalue weighted by atomic mass is 32.2. The molecule has 1 aromatic carbocycles. The van der Waals surface area contributed by atoms with Gasteiger partial charge in [0.05, 0.1) is 11.1 Å². The number of rotatable bonds is 1. The first-order valence-corrected chi connectivity index (χ1v) is 5.33. The van der Waals surface area contributed by atoms with Crippen LogP contribution in [0.3, 0.4) is 0 Å². The number of benzene rings is 1. The van der Waals surface area contributed by atoms with Gasteiger partial charge in [-0.15, -0.1) is 0 Å². The zero-order chi connectivity index (χ0) is 9.42. The maximum atomic E-state index is 13.0. The van der Waals surface area contributed by atoms with Gasteiger partial charge in [-0.3, -0.25) is 0 Å². The van der Waals surface area contributed by atoms with Gasteiger partial charge >= 0.3 is 0 Å². The third-order valence-electron chi connectivity index (χ3n) is 2.31. The van der Waals surface area contributed by atoms with Crippen LogP contribution in [0.15, 0.2) is 23.1 Å². The Morgan fingerprint density at radius 1 is 1.54 bits per heavy atom. The summed E-state index contributed by atoms with van der Waals surface area (Å²) in [5.74, 6) is -0.146. The number of nitrogens with zero attached hydrogens (tertiary/aromatic N) is 1. The Morgan fingerprint density at radius 3 is 3.00 bits per heavy atom. The lowest BCUT2D eigenvalue weighted by atomic mass is 10.3. The molecule has 70 valence electrons. The molecule has 13 heavy (non-hydrogen) atoms. The van der Waals surface area contributed by atoms with Crippen LogP contribution in [-0.2, 0) is 0 Å². The molecule has 0 aliphatic carbocycles. The summed E-state index contributed by atoms with van der Waals surface area (Å²) in [6.45, 7) is 5.17. The first-order chi connectivity index (χ1) is 6.22. The molecule has 1 unspecified atom stereocenters. The first-order valence-electron chi connectivity index (χ1n) is 4.45. The zero-order valence-corrected chi connectivity index (χ0v) is 8.57. The van der Waals surface area contributed by atoms with E-state index in [4.69, 9.17) is 0 Å². The summed E-state index contributed by atoms with van der Waals surface area (Å²) in [6.07, 6.45) is 0. The molecule has 1 heterocycles. The summed E-state index contributed by atoms with van der Waals surface area (Å²) in [5, 5.41) is 0.432. The van der Waals surface area contributed by atoms with Crippen LogP contribution in [0.25, 0.3) is 0 Å². The third-order valence-corrected chi connectivity index (χ3v) is 3.50. The van der Waals surface area contributed by atoms with Crippen molar-refractivity contribution in [2.75, 3.05) is 11.4 Å². The molecule has 1 aliphatic rings. The molecule has 0 N–H and O–H groups in total. The van der Waals surface area contributed by atoms with Crippen LogP contribution in [0.2, 0.25) is 0 Å². The van der Waals surface area contributed by atoms with Crippen LogP contribution in [0.4, 0.5) is 10.1 Å². The lowest BCUT2D eigenvalue weighted by Crippen LogP contribution is -2.26. The molecule has 3 heteroatoms. The molecule has 2 rings (SSSR count). The van der Waals surface area contributed by atoms with Gasteiger partial charge in [-0.25, -0.2) is 4.39 Å². The minimum atomic E-state index is -0.146. The molecule has 0 amide bonds. The lowest BCUT2D eigenvalue weighted by Gasteiger charge is -2.21. The fraction of sp³-hybridized carbons (Fsp3) is 0.400. The molecule has 0 saturated carbocycles. The van der Waals surface area contributed by atoms with Crippen LogP contribution in [0, 0.1) is 5.82 Å². The summed E-state index contributed by atoms with van der Waals surface area (Å²) in [5.41, 5.74) is 1.04. The number of halogens is 1. The topological polar surface area (TPSA) is 3.24 Å². The fourth-order valence-electron chi connectivity index (χ4n) is 1.69. The van der Waals surface area contributed by atoms with Crippen LogP contribution in [0.5, 0.6) is 0 Å². The average Bonchev–Trinajstić information content (AvgIpc) is 2.40. The van der Waals surface area contributed by atoms with Crippen molar-refractivity contribution in [3.05, 3.63) is 24.0 Å². The molecule has 0 aromatic heterocycles. The zero-order valence-electron chi connectivity index (χ0n) is 7.75. The van der Waals surface area contributed by atoms with Gasteiger partial charge in [0, 0.05) is 11.4 Å². The van der Waals surface area contributed by atoms with E-state index in [2.05, 4.69) is 18.7 Å². The highest BCUT2D eigenvalue weighted by Gasteiger charge is 2.25. The maximum absolute atomic E-state index is 13.0. The molecular formula is C10H12FNS. The third kappa shape index (κ3) is 1.41. The molecule has 0 saturated heterocycles. The van der Waals surface area contributed by atoms with Gasteiger partial charge in [-0.2, -0.15) is 0 Å².